The Labute approximate surface area is 246 Å². The number of ether oxygens (including phenoxy) is 1. The molecule has 41 heavy (non-hydrogen) atoms. The lowest BCUT2D eigenvalue weighted by atomic mass is 9.95. The van der Waals surface area contributed by atoms with E-state index in [1.807, 2.05) is 43.3 Å². The fourth-order valence-electron chi connectivity index (χ4n) is 4.58. The third kappa shape index (κ3) is 5.40. The molecule has 4 aromatic rings. The second-order valence-corrected chi connectivity index (χ2v) is 11.3. The quantitative estimate of drug-likeness (QED) is 0.162. The van der Waals surface area contributed by atoms with Crippen LogP contribution in [0.15, 0.2) is 84.5 Å². The summed E-state index contributed by atoms with van der Waals surface area (Å²) < 4.78 is 13.8. The number of hydrogen-bond acceptors (Lipinski definition) is 9. The molecule has 3 heterocycles. The largest absolute Gasteiger partial charge is 0.463 e. The van der Waals surface area contributed by atoms with E-state index in [-0.39, 0.29) is 17.9 Å². The number of rotatable bonds is 7. The summed E-state index contributed by atoms with van der Waals surface area (Å²) in [5.41, 5.74) is 2.80. The molecular weight excluding hydrogens is 612 g/mol. The maximum absolute atomic E-state index is 13.8. The van der Waals surface area contributed by atoms with E-state index in [2.05, 4.69) is 20.9 Å². The van der Waals surface area contributed by atoms with Crippen molar-refractivity contribution < 1.29 is 18.9 Å². The maximum atomic E-state index is 13.8. The zero-order chi connectivity index (χ0) is 29.4. The summed E-state index contributed by atoms with van der Waals surface area (Å²) in [5, 5.41) is 11.1. The number of allylic oxidation sites excluding steroid dienone is 1. The fourth-order valence-corrected chi connectivity index (χ4v) is 6.17. The predicted molar refractivity (Wildman–Crippen MR) is 160 cm³/mol. The molecule has 0 amide bonds. The highest BCUT2D eigenvalue weighted by atomic mass is 79.9. The first-order valence-corrected chi connectivity index (χ1v) is 14.2. The van der Waals surface area contributed by atoms with Crippen molar-refractivity contribution in [3.63, 3.8) is 0 Å². The number of hydrogen-bond donors (Lipinski definition) is 0. The SMILES string of the molecule is CCOC(=O)C1=C(C)N=c2sc(=Cc3ccc(-c4ccc([N+](=O)[O-])cc4Br)o3)c(=O)n2C1c1ccc(N(C)C)cc1. The Balaban J connectivity index is 1.60. The highest BCUT2D eigenvalue weighted by Gasteiger charge is 2.33. The van der Waals surface area contributed by atoms with E-state index in [1.54, 1.807) is 38.1 Å². The number of anilines is 1. The number of carbonyl (C=O) groups is 1. The Morgan fingerprint density at radius 2 is 1.95 bits per heavy atom. The van der Waals surface area contributed by atoms with E-state index in [9.17, 15) is 19.7 Å². The number of nitrogens with zero attached hydrogens (tertiary/aromatic N) is 4. The summed E-state index contributed by atoms with van der Waals surface area (Å²) in [6.07, 6.45) is 1.63. The van der Waals surface area contributed by atoms with Crippen LogP contribution >= 0.6 is 27.3 Å². The second-order valence-electron chi connectivity index (χ2n) is 9.41. The molecule has 10 nitrogen and oxygen atoms in total. The Hall–Kier alpha value is -4.29. The van der Waals surface area contributed by atoms with Crippen molar-refractivity contribution in [2.24, 2.45) is 4.99 Å². The van der Waals surface area contributed by atoms with Crippen LogP contribution in [-0.2, 0) is 9.53 Å². The van der Waals surface area contributed by atoms with Gasteiger partial charge in [-0.1, -0.05) is 23.5 Å². The molecule has 0 aliphatic carbocycles. The number of aromatic nitrogens is 1. The van der Waals surface area contributed by atoms with Crippen LogP contribution in [0, 0.1) is 10.1 Å². The van der Waals surface area contributed by atoms with Crippen molar-refractivity contribution in [3.05, 3.63) is 111 Å². The third-order valence-corrected chi connectivity index (χ3v) is 8.21. The summed E-state index contributed by atoms with van der Waals surface area (Å²) in [6, 6.07) is 14.8. The zero-order valence-corrected chi connectivity index (χ0v) is 25.0. The summed E-state index contributed by atoms with van der Waals surface area (Å²) in [6.45, 7) is 3.67. The van der Waals surface area contributed by atoms with Crippen LogP contribution in [0.25, 0.3) is 17.4 Å². The van der Waals surface area contributed by atoms with Gasteiger partial charge >= 0.3 is 5.97 Å². The lowest BCUT2D eigenvalue weighted by Crippen LogP contribution is -2.39. The van der Waals surface area contributed by atoms with Gasteiger partial charge in [-0.05, 0) is 65.7 Å². The van der Waals surface area contributed by atoms with E-state index in [4.69, 9.17) is 9.15 Å². The van der Waals surface area contributed by atoms with Crippen LogP contribution in [0.5, 0.6) is 0 Å². The first-order valence-electron chi connectivity index (χ1n) is 12.6. The number of nitro benzene ring substituents is 1. The summed E-state index contributed by atoms with van der Waals surface area (Å²) in [7, 11) is 3.87. The van der Waals surface area contributed by atoms with Crippen molar-refractivity contribution in [1.82, 2.24) is 4.57 Å². The van der Waals surface area contributed by atoms with Crippen LogP contribution < -0.4 is 19.8 Å². The number of halogens is 1. The number of furan rings is 1. The van der Waals surface area contributed by atoms with Crippen molar-refractivity contribution in [1.29, 1.82) is 0 Å². The molecular formula is C29H25BrN4O6S. The van der Waals surface area contributed by atoms with E-state index < -0.39 is 16.9 Å². The molecule has 0 N–H and O–H groups in total. The number of non-ortho nitro benzene ring substituents is 1. The van der Waals surface area contributed by atoms with Crippen LogP contribution in [0.2, 0.25) is 0 Å². The topological polar surface area (TPSA) is 120 Å². The van der Waals surface area contributed by atoms with Gasteiger partial charge in [0, 0.05) is 48.0 Å². The van der Waals surface area contributed by atoms with Gasteiger partial charge in [-0.3, -0.25) is 19.5 Å². The summed E-state index contributed by atoms with van der Waals surface area (Å²) in [5.74, 6) is 0.378. The maximum Gasteiger partial charge on any atom is 0.338 e. The lowest BCUT2D eigenvalue weighted by Gasteiger charge is -2.25. The molecule has 210 valence electrons. The first-order chi connectivity index (χ1) is 19.6. The number of nitro groups is 1. The van der Waals surface area contributed by atoms with Crippen LogP contribution in [0.4, 0.5) is 11.4 Å². The molecule has 2 aromatic carbocycles. The minimum Gasteiger partial charge on any atom is -0.463 e. The molecule has 0 saturated heterocycles. The molecule has 0 radical (unpaired) electrons. The van der Waals surface area contributed by atoms with Gasteiger partial charge in [0.05, 0.1) is 33.4 Å². The minimum absolute atomic E-state index is 0.0445. The van der Waals surface area contributed by atoms with Crippen LogP contribution in [-0.4, -0.2) is 36.2 Å². The van der Waals surface area contributed by atoms with Gasteiger partial charge in [-0.15, -0.1) is 0 Å². The number of fused-ring (bicyclic) bond motifs is 1. The first kappa shape index (κ1) is 28.2. The van der Waals surface area contributed by atoms with Gasteiger partial charge in [0.25, 0.3) is 11.2 Å². The van der Waals surface area contributed by atoms with Crippen molar-refractivity contribution >= 4 is 50.7 Å². The van der Waals surface area contributed by atoms with Crippen molar-refractivity contribution in [3.8, 4) is 11.3 Å². The average Bonchev–Trinajstić information content (AvgIpc) is 3.52. The van der Waals surface area contributed by atoms with E-state index in [1.165, 1.54) is 28.0 Å². The van der Waals surface area contributed by atoms with Crippen molar-refractivity contribution in [2.45, 2.75) is 19.9 Å². The van der Waals surface area contributed by atoms with Gasteiger partial charge in [0.2, 0.25) is 0 Å². The molecule has 1 unspecified atom stereocenters. The lowest BCUT2D eigenvalue weighted by molar-refractivity contribution is -0.384. The molecule has 0 saturated carbocycles. The molecule has 12 heteroatoms. The number of carbonyl (C=O) groups excluding carboxylic acids is 1. The Bertz CT molecular complexity index is 1880. The normalized spacial score (nSPS) is 15.0. The second kappa shape index (κ2) is 11.3. The highest BCUT2D eigenvalue weighted by molar-refractivity contribution is 9.10. The van der Waals surface area contributed by atoms with Crippen LogP contribution in [0.3, 0.4) is 0 Å². The van der Waals surface area contributed by atoms with Gasteiger partial charge < -0.3 is 14.1 Å². The number of thiazole rings is 1. The molecule has 5 rings (SSSR count). The molecule has 0 fully saturated rings. The van der Waals surface area contributed by atoms with Gasteiger partial charge in [0.1, 0.15) is 11.5 Å². The predicted octanol–water partition coefficient (Wildman–Crippen LogP) is 4.80. The molecule has 0 bridgehead atoms. The molecule has 0 spiro atoms. The monoisotopic (exact) mass is 636 g/mol. The molecule has 1 aliphatic heterocycles. The van der Waals surface area contributed by atoms with E-state index >= 15 is 0 Å². The van der Waals surface area contributed by atoms with Gasteiger partial charge in [-0.25, -0.2) is 9.79 Å². The highest BCUT2D eigenvalue weighted by Crippen LogP contribution is 2.33. The number of benzene rings is 2. The average molecular weight is 638 g/mol. The third-order valence-electron chi connectivity index (χ3n) is 6.57. The van der Waals surface area contributed by atoms with E-state index in [0.717, 1.165) is 11.3 Å². The van der Waals surface area contributed by atoms with Gasteiger partial charge in [0.15, 0.2) is 4.80 Å². The van der Waals surface area contributed by atoms with Crippen LogP contribution in [0.1, 0.15) is 31.2 Å². The molecule has 2 aromatic heterocycles. The summed E-state index contributed by atoms with van der Waals surface area (Å²) in [4.78, 5) is 44.5. The Morgan fingerprint density at radius 1 is 1.22 bits per heavy atom. The number of esters is 1. The van der Waals surface area contributed by atoms with Crippen molar-refractivity contribution in [2.75, 3.05) is 25.6 Å². The van der Waals surface area contributed by atoms with Gasteiger partial charge in [-0.2, -0.15) is 0 Å². The molecule has 1 aliphatic rings. The standard InChI is InChI=1S/C29H25BrN4O6S/c1-5-39-28(36)25-16(2)31-29-33(26(25)17-6-8-18(9-7-17)32(3)4)27(35)24(41-29)15-20-11-13-23(40-20)21-12-10-19(34(37)38)14-22(21)30/h6-15,26H,5H2,1-4H3. The smallest absolute Gasteiger partial charge is 0.338 e. The minimum atomic E-state index is -0.716. The Morgan fingerprint density at radius 3 is 2.59 bits per heavy atom. The van der Waals surface area contributed by atoms with E-state index in [0.29, 0.717) is 42.2 Å². The Kier molecular flexibility index (Phi) is 7.78. The zero-order valence-electron chi connectivity index (χ0n) is 22.6. The molecule has 1 atom stereocenters. The summed E-state index contributed by atoms with van der Waals surface area (Å²) >= 11 is 4.57. The fraction of sp³-hybridized carbons (Fsp3) is 0.207.